The maximum Gasteiger partial charge on any atom is 0.354 e. The van der Waals surface area contributed by atoms with Gasteiger partial charge >= 0.3 is 5.97 Å². The Hall–Kier alpha value is -3.62. The molecule has 0 atom stereocenters. The summed E-state index contributed by atoms with van der Waals surface area (Å²) in [6.07, 6.45) is 10.8. The number of allylic oxidation sites excluding steroid dienone is 2. The number of carbonyl (C=O) groups is 1. The summed E-state index contributed by atoms with van der Waals surface area (Å²) in [6.45, 7) is 4.15. The molecule has 1 aliphatic heterocycles. The van der Waals surface area contributed by atoms with Gasteiger partial charge in [0.15, 0.2) is 5.69 Å². The zero-order valence-electron chi connectivity index (χ0n) is 22.5. The fourth-order valence-corrected chi connectivity index (χ4v) is 6.76. The number of pyridine rings is 2. The predicted molar refractivity (Wildman–Crippen MR) is 158 cm³/mol. The first-order valence-electron chi connectivity index (χ1n) is 13.9. The molecule has 3 aromatic heterocycles. The topological polar surface area (TPSA) is 102 Å². The standard InChI is InChI=1S/C31H28Cl2N4O4/c1-2-40-25-12-24(30(38)39)35-23-6-5-19(11-20(23)25)37-9-7-31(8-10-37)13-18(14-31)26-28(36-41-29(26)17-3-4-17)27-21(32)15-34-16-22(27)33/h5-6,11-13,15-17H,2-4,7-10,14H2,1H3,(H,38,39). The van der Waals surface area contributed by atoms with Crippen LogP contribution in [0.1, 0.15) is 66.8 Å². The number of hydrogen-bond donors (Lipinski definition) is 1. The number of rotatable bonds is 7. The summed E-state index contributed by atoms with van der Waals surface area (Å²) in [5, 5.41) is 15.6. The van der Waals surface area contributed by atoms with Crippen molar-refractivity contribution >= 4 is 51.3 Å². The van der Waals surface area contributed by atoms with E-state index in [4.69, 9.17) is 32.5 Å². The zero-order valence-corrected chi connectivity index (χ0v) is 24.0. The number of carboxylic acid groups (broad SMARTS) is 1. The molecule has 2 fully saturated rings. The maximum absolute atomic E-state index is 11.5. The number of aromatic nitrogens is 3. The zero-order chi connectivity index (χ0) is 28.3. The molecule has 1 N–H and O–H groups in total. The third-order valence-electron chi connectivity index (χ3n) is 8.50. The Kier molecular flexibility index (Phi) is 6.43. The van der Waals surface area contributed by atoms with Gasteiger partial charge in [-0.1, -0.05) is 34.4 Å². The number of carboxylic acids is 1. The van der Waals surface area contributed by atoms with E-state index in [1.54, 1.807) is 12.4 Å². The van der Waals surface area contributed by atoms with Crippen LogP contribution in [0.2, 0.25) is 10.0 Å². The molecule has 41 heavy (non-hydrogen) atoms. The third kappa shape index (κ3) is 4.63. The smallest absolute Gasteiger partial charge is 0.354 e. The lowest BCUT2D eigenvalue weighted by atomic mass is 9.63. The second-order valence-electron chi connectivity index (χ2n) is 11.2. The van der Waals surface area contributed by atoms with Crippen LogP contribution in [0.4, 0.5) is 5.69 Å². The lowest BCUT2D eigenvalue weighted by Gasteiger charge is -2.47. The lowest BCUT2D eigenvalue weighted by molar-refractivity contribution is 0.0690. The Morgan fingerprint density at radius 3 is 2.54 bits per heavy atom. The molecule has 1 saturated carbocycles. The van der Waals surface area contributed by atoms with E-state index in [0.717, 1.165) is 67.6 Å². The van der Waals surface area contributed by atoms with Crippen molar-refractivity contribution in [3.63, 3.8) is 0 Å². The summed E-state index contributed by atoms with van der Waals surface area (Å²) < 4.78 is 11.7. The molecule has 1 saturated heterocycles. The monoisotopic (exact) mass is 590 g/mol. The van der Waals surface area contributed by atoms with Crippen LogP contribution in [0.15, 0.2) is 47.3 Å². The number of fused-ring (bicyclic) bond motifs is 1. The van der Waals surface area contributed by atoms with Gasteiger partial charge < -0.3 is 19.3 Å². The number of nitrogens with zero attached hydrogens (tertiary/aromatic N) is 4. The summed E-state index contributed by atoms with van der Waals surface area (Å²) in [6, 6.07) is 7.47. The summed E-state index contributed by atoms with van der Waals surface area (Å²) in [4.78, 5) is 22.3. The van der Waals surface area contributed by atoms with E-state index in [-0.39, 0.29) is 11.1 Å². The Morgan fingerprint density at radius 2 is 1.88 bits per heavy atom. The number of piperidine rings is 1. The number of benzene rings is 1. The van der Waals surface area contributed by atoms with Crippen LogP contribution in [0.3, 0.4) is 0 Å². The number of anilines is 1. The van der Waals surface area contributed by atoms with Crippen LogP contribution in [0.25, 0.3) is 27.7 Å². The van der Waals surface area contributed by atoms with E-state index in [1.165, 1.54) is 11.6 Å². The van der Waals surface area contributed by atoms with E-state index in [2.05, 4.69) is 32.2 Å². The van der Waals surface area contributed by atoms with Crippen molar-refractivity contribution in [1.29, 1.82) is 0 Å². The minimum Gasteiger partial charge on any atom is -0.493 e. The van der Waals surface area contributed by atoms with Gasteiger partial charge in [0.05, 0.1) is 22.2 Å². The molecule has 2 aliphatic carbocycles. The highest BCUT2D eigenvalue weighted by atomic mass is 35.5. The summed E-state index contributed by atoms with van der Waals surface area (Å²) >= 11 is 13.0. The van der Waals surface area contributed by atoms with Gasteiger partial charge in [-0.05, 0) is 68.2 Å². The van der Waals surface area contributed by atoms with E-state index >= 15 is 0 Å². The average molecular weight is 591 g/mol. The van der Waals surface area contributed by atoms with E-state index < -0.39 is 5.97 Å². The Bertz CT molecular complexity index is 1700. The van der Waals surface area contributed by atoms with Crippen molar-refractivity contribution in [3.8, 4) is 17.0 Å². The molecular weight excluding hydrogens is 563 g/mol. The van der Waals surface area contributed by atoms with Gasteiger partial charge in [0.2, 0.25) is 0 Å². The number of aromatic carboxylic acids is 1. The minimum absolute atomic E-state index is 0.0181. The minimum atomic E-state index is -1.07. The van der Waals surface area contributed by atoms with Gasteiger partial charge in [-0.3, -0.25) is 4.98 Å². The molecule has 1 spiro atoms. The molecular formula is C31H28Cl2N4O4. The average Bonchev–Trinajstić information content (AvgIpc) is 3.71. The van der Waals surface area contributed by atoms with Gasteiger partial charge in [-0.2, -0.15) is 0 Å². The molecule has 4 heterocycles. The molecule has 1 aromatic carbocycles. The predicted octanol–water partition coefficient (Wildman–Crippen LogP) is 7.64. The van der Waals surface area contributed by atoms with Crippen molar-refractivity contribution < 1.29 is 19.2 Å². The van der Waals surface area contributed by atoms with Gasteiger partial charge in [0.25, 0.3) is 0 Å². The first-order valence-corrected chi connectivity index (χ1v) is 14.7. The van der Waals surface area contributed by atoms with Crippen LogP contribution >= 0.6 is 23.2 Å². The van der Waals surface area contributed by atoms with E-state index in [1.807, 2.05) is 19.1 Å². The molecule has 10 heteroatoms. The van der Waals surface area contributed by atoms with Crippen molar-refractivity contribution in [3.05, 3.63) is 69.8 Å². The Labute approximate surface area is 246 Å². The molecule has 3 aliphatic rings. The first-order chi connectivity index (χ1) is 19.9. The highest BCUT2D eigenvalue weighted by molar-refractivity contribution is 6.39. The van der Waals surface area contributed by atoms with E-state index in [9.17, 15) is 9.90 Å². The summed E-state index contributed by atoms with van der Waals surface area (Å²) in [5.74, 6) is 0.826. The van der Waals surface area contributed by atoms with Gasteiger partial charge in [-0.25, -0.2) is 9.78 Å². The van der Waals surface area contributed by atoms with Crippen LogP contribution < -0.4 is 9.64 Å². The normalized spacial score (nSPS) is 17.9. The number of halogens is 2. The molecule has 4 aromatic rings. The Balaban J connectivity index is 1.14. The van der Waals surface area contributed by atoms with E-state index in [0.29, 0.717) is 45.1 Å². The second kappa shape index (κ2) is 10.0. The molecule has 0 radical (unpaired) electrons. The van der Waals surface area contributed by atoms with Crippen LogP contribution in [-0.2, 0) is 0 Å². The lowest BCUT2D eigenvalue weighted by Crippen LogP contribution is -2.42. The maximum atomic E-state index is 11.5. The number of hydrogen-bond acceptors (Lipinski definition) is 7. The quantitative estimate of drug-likeness (QED) is 0.234. The number of ether oxygens (including phenoxy) is 1. The molecule has 0 unspecified atom stereocenters. The van der Waals surface area contributed by atoms with Crippen molar-refractivity contribution in [2.45, 2.75) is 44.9 Å². The van der Waals surface area contributed by atoms with Gasteiger partial charge in [0.1, 0.15) is 17.2 Å². The SMILES string of the molecule is CCOc1cc(C(=O)O)nc2ccc(N3CCC4(C=C(c5c(-c6c(Cl)cncc6Cl)noc5C5CC5)C4)CC3)cc12. The summed E-state index contributed by atoms with van der Waals surface area (Å²) in [7, 11) is 0. The third-order valence-corrected chi connectivity index (χ3v) is 9.07. The van der Waals surface area contributed by atoms with Crippen LogP contribution in [0.5, 0.6) is 5.75 Å². The largest absolute Gasteiger partial charge is 0.493 e. The van der Waals surface area contributed by atoms with Gasteiger partial charge in [0, 0.05) is 59.7 Å². The molecule has 7 rings (SSSR count). The molecule has 8 nitrogen and oxygen atoms in total. The molecule has 0 bridgehead atoms. The van der Waals surface area contributed by atoms with Crippen molar-refractivity contribution in [1.82, 2.24) is 15.1 Å². The molecule has 0 amide bonds. The fraction of sp³-hybridized carbons (Fsp3) is 0.355. The Morgan fingerprint density at radius 1 is 1.15 bits per heavy atom. The van der Waals surface area contributed by atoms with Crippen molar-refractivity contribution in [2.75, 3.05) is 24.6 Å². The highest BCUT2D eigenvalue weighted by Crippen LogP contribution is 2.56. The highest BCUT2D eigenvalue weighted by Gasteiger charge is 2.44. The van der Waals surface area contributed by atoms with Crippen LogP contribution in [-0.4, -0.2) is 45.9 Å². The first kappa shape index (κ1) is 26.3. The van der Waals surface area contributed by atoms with Gasteiger partial charge in [-0.15, -0.1) is 0 Å². The van der Waals surface area contributed by atoms with Crippen molar-refractivity contribution in [2.24, 2.45) is 5.41 Å². The second-order valence-corrected chi connectivity index (χ2v) is 12.0. The summed E-state index contributed by atoms with van der Waals surface area (Å²) in [5.41, 5.74) is 5.52. The fourth-order valence-electron chi connectivity index (χ4n) is 6.22. The molecule has 210 valence electrons. The van der Waals surface area contributed by atoms with Crippen LogP contribution in [0, 0.1) is 5.41 Å².